The summed E-state index contributed by atoms with van der Waals surface area (Å²) in [4.78, 5) is 50.1. The Morgan fingerprint density at radius 1 is 1.03 bits per heavy atom. The van der Waals surface area contributed by atoms with Crippen molar-refractivity contribution in [3.05, 3.63) is 65.5 Å². The maximum absolute atomic E-state index is 12.9. The first-order valence-electron chi connectivity index (χ1n) is 9.81. The molecule has 31 heavy (non-hydrogen) atoms. The van der Waals surface area contributed by atoms with E-state index in [2.05, 4.69) is 0 Å². The Labute approximate surface area is 178 Å². The van der Waals surface area contributed by atoms with Gasteiger partial charge in [-0.3, -0.25) is 14.4 Å². The van der Waals surface area contributed by atoms with Crippen LogP contribution < -0.4 is 4.90 Å². The number of Topliss-reactive ketones (excluding diaryl/α,β-unsaturated/α-hetero) is 1. The number of carbonyl (C=O) groups is 4. The minimum Gasteiger partial charge on any atom is -0.459 e. The summed E-state index contributed by atoms with van der Waals surface area (Å²) in [5, 5.41) is 0. The lowest BCUT2D eigenvalue weighted by molar-refractivity contribution is -0.147. The topological polar surface area (TPSA) is 90.0 Å². The third kappa shape index (κ3) is 5.53. The highest BCUT2D eigenvalue weighted by molar-refractivity contribution is 6.01. The Bertz CT molecular complexity index is 984. The number of ether oxygens (including phenoxy) is 2. The van der Waals surface area contributed by atoms with Crippen molar-refractivity contribution in [3.8, 4) is 0 Å². The first-order valence-corrected chi connectivity index (χ1v) is 9.81. The molecule has 1 aliphatic rings. The molecule has 1 fully saturated rings. The Hall–Kier alpha value is -3.55. The first kappa shape index (κ1) is 22.1. The summed E-state index contributed by atoms with van der Waals surface area (Å²) in [6.07, 6.45) is -0.283. The molecule has 3 rings (SSSR count). The van der Waals surface area contributed by atoms with Crippen LogP contribution in [0.15, 0.2) is 48.5 Å². The molecule has 0 unspecified atom stereocenters. The van der Waals surface area contributed by atoms with Crippen LogP contribution in [0.25, 0.3) is 0 Å². The molecule has 0 saturated carbocycles. The molecule has 1 amide bonds. The summed E-state index contributed by atoms with van der Waals surface area (Å²) in [7, 11) is 0. The van der Waals surface area contributed by atoms with Crippen molar-refractivity contribution >= 4 is 29.3 Å². The molecule has 0 N–H and O–H groups in total. The van der Waals surface area contributed by atoms with E-state index in [9.17, 15) is 23.6 Å². The van der Waals surface area contributed by atoms with Gasteiger partial charge in [0, 0.05) is 24.2 Å². The standard InChI is InChI=1S/C23H22FNO6/c1-14(2)31-23(29)16-5-9-19(10-6-16)25-12-17(11-21(25)27)22(28)30-13-20(26)15-3-7-18(24)8-4-15/h3-10,14,17H,11-13H2,1-2H3/t17-/m1/s1. The van der Waals surface area contributed by atoms with Crippen molar-refractivity contribution in [2.24, 2.45) is 5.92 Å². The molecule has 2 aromatic carbocycles. The zero-order valence-corrected chi connectivity index (χ0v) is 17.2. The second kappa shape index (κ2) is 9.51. The van der Waals surface area contributed by atoms with E-state index >= 15 is 0 Å². The second-order valence-electron chi connectivity index (χ2n) is 7.44. The number of halogens is 1. The van der Waals surface area contributed by atoms with Gasteiger partial charge >= 0.3 is 11.9 Å². The molecule has 1 heterocycles. The monoisotopic (exact) mass is 427 g/mol. The normalized spacial score (nSPS) is 15.8. The smallest absolute Gasteiger partial charge is 0.338 e. The zero-order valence-electron chi connectivity index (χ0n) is 17.2. The number of rotatable bonds is 7. The lowest BCUT2D eigenvalue weighted by atomic mass is 10.1. The fourth-order valence-corrected chi connectivity index (χ4v) is 3.15. The van der Waals surface area contributed by atoms with Crippen LogP contribution >= 0.6 is 0 Å². The third-order valence-electron chi connectivity index (χ3n) is 4.73. The molecule has 0 radical (unpaired) electrons. The average molecular weight is 427 g/mol. The van der Waals surface area contributed by atoms with Gasteiger partial charge in [-0.2, -0.15) is 0 Å². The van der Waals surface area contributed by atoms with Gasteiger partial charge < -0.3 is 14.4 Å². The van der Waals surface area contributed by atoms with Crippen LogP contribution in [0.4, 0.5) is 10.1 Å². The van der Waals surface area contributed by atoms with E-state index in [1.54, 1.807) is 38.1 Å². The van der Waals surface area contributed by atoms with Crippen molar-refractivity contribution in [2.45, 2.75) is 26.4 Å². The SMILES string of the molecule is CC(C)OC(=O)c1ccc(N2C[C@H](C(=O)OCC(=O)c3ccc(F)cc3)CC2=O)cc1. The minimum absolute atomic E-state index is 0.0410. The number of anilines is 1. The summed E-state index contributed by atoms with van der Waals surface area (Å²) in [6.45, 7) is 3.13. The van der Waals surface area contributed by atoms with Crippen LogP contribution in [-0.4, -0.2) is 42.9 Å². The van der Waals surface area contributed by atoms with E-state index < -0.39 is 36.1 Å². The highest BCUT2D eigenvalue weighted by Crippen LogP contribution is 2.26. The molecule has 0 aromatic heterocycles. The Kier molecular flexibility index (Phi) is 6.79. The average Bonchev–Trinajstić information content (AvgIpc) is 3.13. The quantitative estimate of drug-likeness (QED) is 0.498. The molecule has 162 valence electrons. The third-order valence-corrected chi connectivity index (χ3v) is 4.73. The lowest BCUT2D eigenvalue weighted by Gasteiger charge is -2.17. The van der Waals surface area contributed by atoms with Gasteiger partial charge in [0.2, 0.25) is 5.91 Å². The van der Waals surface area contributed by atoms with E-state index in [0.29, 0.717) is 11.3 Å². The molecular weight excluding hydrogens is 405 g/mol. The summed E-state index contributed by atoms with van der Waals surface area (Å²) in [5.74, 6) is -3.00. The maximum Gasteiger partial charge on any atom is 0.338 e. The molecule has 0 aliphatic carbocycles. The van der Waals surface area contributed by atoms with Crippen molar-refractivity contribution in [1.29, 1.82) is 0 Å². The van der Waals surface area contributed by atoms with Crippen molar-refractivity contribution in [3.63, 3.8) is 0 Å². The van der Waals surface area contributed by atoms with Gasteiger partial charge in [-0.05, 0) is 62.4 Å². The highest BCUT2D eigenvalue weighted by atomic mass is 19.1. The van der Waals surface area contributed by atoms with Gasteiger partial charge in [-0.1, -0.05) is 0 Å². The number of esters is 2. The van der Waals surface area contributed by atoms with Gasteiger partial charge in [0.1, 0.15) is 5.82 Å². The summed E-state index contributed by atoms with van der Waals surface area (Å²) in [5.41, 5.74) is 1.14. The van der Waals surface area contributed by atoms with Gasteiger partial charge in [-0.25, -0.2) is 9.18 Å². The molecule has 0 bridgehead atoms. The van der Waals surface area contributed by atoms with Crippen LogP contribution in [0.5, 0.6) is 0 Å². The van der Waals surface area contributed by atoms with Gasteiger partial charge in [-0.15, -0.1) is 0 Å². The van der Waals surface area contributed by atoms with Crippen LogP contribution in [0.2, 0.25) is 0 Å². The van der Waals surface area contributed by atoms with Crippen molar-refractivity contribution in [2.75, 3.05) is 18.1 Å². The molecule has 1 atom stereocenters. The molecule has 7 nitrogen and oxygen atoms in total. The molecule has 2 aromatic rings. The number of ketones is 1. The van der Waals surface area contributed by atoms with Crippen LogP contribution in [-0.2, 0) is 19.1 Å². The highest BCUT2D eigenvalue weighted by Gasteiger charge is 2.36. The summed E-state index contributed by atoms with van der Waals surface area (Å²) >= 11 is 0. The van der Waals surface area contributed by atoms with E-state index in [4.69, 9.17) is 9.47 Å². The fourth-order valence-electron chi connectivity index (χ4n) is 3.15. The number of hydrogen-bond donors (Lipinski definition) is 0. The molecule has 0 spiro atoms. The Morgan fingerprint density at radius 3 is 2.26 bits per heavy atom. The largest absolute Gasteiger partial charge is 0.459 e. The van der Waals surface area contributed by atoms with Gasteiger partial charge in [0.05, 0.1) is 17.6 Å². The summed E-state index contributed by atoms with van der Waals surface area (Å²) in [6, 6.07) is 11.3. The lowest BCUT2D eigenvalue weighted by Crippen LogP contribution is -2.27. The number of carbonyl (C=O) groups excluding carboxylic acids is 4. The number of amides is 1. The van der Waals surface area contributed by atoms with Crippen LogP contribution in [0.1, 0.15) is 41.0 Å². The van der Waals surface area contributed by atoms with Gasteiger partial charge in [0.25, 0.3) is 0 Å². The van der Waals surface area contributed by atoms with E-state index in [1.165, 1.54) is 17.0 Å². The molecule has 1 aliphatic heterocycles. The van der Waals surface area contributed by atoms with Crippen molar-refractivity contribution in [1.82, 2.24) is 0 Å². The van der Waals surface area contributed by atoms with Gasteiger partial charge in [0.15, 0.2) is 12.4 Å². The summed E-state index contributed by atoms with van der Waals surface area (Å²) < 4.78 is 23.1. The number of hydrogen-bond acceptors (Lipinski definition) is 6. The predicted octanol–water partition coefficient (Wildman–Crippen LogP) is 3.17. The first-order chi connectivity index (χ1) is 14.7. The Balaban J connectivity index is 1.56. The minimum atomic E-state index is -0.709. The molecule has 1 saturated heterocycles. The van der Waals surface area contributed by atoms with E-state index in [0.717, 1.165) is 12.1 Å². The number of benzene rings is 2. The van der Waals surface area contributed by atoms with Crippen molar-refractivity contribution < 1.29 is 33.0 Å². The second-order valence-corrected chi connectivity index (χ2v) is 7.44. The number of nitrogens with zero attached hydrogens (tertiary/aromatic N) is 1. The van der Waals surface area contributed by atoms with Crippen LogP contribution in [0.3, 0.4) is 0 Å². The Morgan fingerprint density at radius 2 is 1.65 bits per heavy atom. The molecular formula is C23H22FNO6. The zero-order chi connectivity index (χ0) is 22.5. The fraction of sp³-hybridized carbons (Fsp3) is 0.304. The van der Waals surface area contributed by atoms with E-state index in [-0.39, 0.29) is 30.5 Å². The predicted molar refractivity (Wildman–Crippen MR) is 109 cm³/mol. The molecule has 8 heteroatoms. The van der Waals surface area contributed by atoms with Crippen LogP contribution in [0, 0.1) is 11.7 Å². The van der Waals surface area contributed by atoms with E-state index in [1.807, 2.05) is 0 Å². The maximum atomic E-state index is 12.9.